The third-order valence-corrected chi connectivity index (χ3v) is 3.35. The molecule has 0 aromatic heterocycles. The fourth-order valence-corrected chi connectivity index (χ4v) is 2.03. The van der Waals surface area contributed by atoms with Crippen molar-refractivity contribution in [1.82, 2.24) is 9.80 Å². The Bertz CT molecular complexity index is 495. The van der Waals surface area contributed by atoms with Crippen molar-refractivity contribution in [2.75, 3.05) is 33.7 Å². The van der Waals surface area contributed by atoms with E-state index in [4.69, 9.17) is 0 Å². The third-order valence-electron chi connectivity index (χ3n) is 3.35. The maximum atomic E-state index is 12.3. The Morgan fingerprint density at radius 3 is 2.25 bits per heavy atom. The molecule has 0 aliphatic heterocycles. The standard InChI is InChI=1S/C16H24N2O2/c1-6-18(11-16(20)17(4)5)10-15(19)14-8-7-12(2)9-13(14)3/h7-9H,6,10-11H2,1-5H3. The lowest BCUT2D eigenvalue weighted by atomic mass is 10.0. The maximum absolute atomic E-state index is 12.3. The molecule has 0 aliphatic carbocycles. The summed E-state index contributed by atoms with van der Waals surface area (Å²) in [5, 5.41) is 0. The van der Waals surface area contributed by atoms with Gasteiger partial charge < -0.3 is 4.90 Å². The average Bonchev–Trinajstić information content (AvgIpc) is 2.37. The molecule has 0 heterocycles. The van der Waals surface area contributed by atoms with Crippen LogP contribution in [-0.4, -0.2) is 55.2 Å². The van der Waals surface area contributed by atoms with Gasteiger partial charge in [-0.1, -0.05) is 30.7 Å². The van der Waals surface area contributed by atoms with Crippen LogP contribution < -0.4 is 0 Å². The van der Waals surface area contributed by atoms with Gasteiger partial charge in [0.05, 0.1) is 13.1 Å². The van der Waals surface area contributed by atoms with Gasteiger partial charge in [-0.3, -0.25) is 14.5 Å². The smallest absolute Gasteiger partial charge is 0.236 e. The molecule has 0 radical (unpaired) electrons. The van der Waals surface area contributed by atoms with E-state index in [1.165, 1.54) is 0 Å². The van der Waals surface area contributed by atoms with Crippen molar-refractivity contribution < 1.29 is 9.59 Å². The number of benzene rings is 1. The quantitative estimate of drug-likeness (QED) is 0.745. The Balaban J connectivity index is 2.74. The van der Waals surface area contributed by atoms with E-state index in [-0.39, 0.29) is 24.8 Å². The molecule has 4 heteroatoms. The van der Waals surface area contributed by atoms with Crippen LogP contribution in [0.1, 0.15) is 28.4 Å². The first kappa shape index (κ1) is 16.4. The van der Waals surface area contributed by atoms with Crippen molar-refractivity contribution in [3.8, 4) is 0 Å². The summed E-state index contributed by atoms with van der Waals surface area (Å²) in [7, 11) is 3.45. The van der Waals surface area contributed by atoms with Gasteiger partial charge in [-0.25, -0.2) is 0 Å². The van der Waals surface area contributed by atoms with Gasteiger partial charge in [0.25, 0.3) is 0 Å². The lowest BCUT2D eigenvalue weighted by Crippen LogP contribution is -2.39. The zero-order chi connectivity index (χ0) is 15.3. The monoisotopic (exact) mass is 276 g/mol. The molecule has 0 N–H and O–H groups in total. The van der Waals surface area contributed by atoms with E-state index in [0.717, 1.165) is 16.7 Å². The molecule has 1 aromatic rings. The minimum atomic E-state index is 0.0141. The van der Waals surface area contributed by atoms with E-state index in [2.05, 4.69) is 0 Å². The molecule has 0 saturated carbocycles. The fourth-order valence-electron chi connectivity index (χ4n) is 2.03. The van der Waals surface area contributed by atoms with E-state index in [1.807, 2.05) is 43.9 Å². The van der Waals surface area contributed by atoms with Gasteiger partial charge in [-0.05, 0) is 26.0 Å². The second-order valence-electron chi connectivity index (χ2n) is 5.33. The molecule has 1 amide bonds. The Hall–Kier alpha value is -1.68. The van der Waals surface area contributed by atoms with Crippen molar-refractivity contribution in [3.63, 3.8) is 0 Å². The first-order valence-corrected chi connectivity index (χ1v) is 6.88. The summed E-state index contributed by atoms with van der Waals surface area (Å²) in [6, 6.07) is 5.82. The summed E-state index contributed by atoms with van der Waals surface area (Å²) < 4.78 is 0. The molecular formula is C16H24N2O2. The number of rotatable bonds is 6. The predicted molar refractivity (Wildman–Crippen MR) is 81.1 cm³/mol. The first-order chi connectivity index (χ1) is 9.35. The van der Waals surface area contributed by atoms with Gasteiger partial charge >= 0.3 is 0 Å². The minimum absolute atomic E-state index is 0.0141. The van der Waals surface area contributed by atoms with Crippen LogP contribution in [0.5, 0.6) is 0 Å². The summed E-state index contributed by atoms with van der Waals surface area (Å²) in [5.74, 6) is 0.0798. The molecule has 4 nitrogen and oxygen atoms in total. The van der Waals surface area contributed by atoms with Crippen LogP contribution in [0.3, 0.4) is 0 Å². The number of nitrogens with zero attached hydrogens (tertiary/aromatic N) is 2. The SMILES string of the molecule is CCN(CC(=O)c1ccc(C)cc1C)CC(=O)N(C)C. The molecule has 0 spiro atoms. The maximum Gasteiger partial charge on any atom is 0.236 e. The number of aryl methyl sites for hydroxylation is 2. The molecule has 110 valence electrons. The van der Waals surface area contributed by atoms with Crippen molar-refractivity contribution >= 4 is 11.7 Å². The molecule has 0 aliphatic rings. The van der Waals surface area contributed by atoms with Crippen LogP contribution >= 0.6 is 0 Å². The molecule has 0 saturated heterocycles. The van der Waals surface area contributed by atoms with Crippen LogP contribution in [0.4, 0.5) is 0 Å². The Morgan fingerprint density at radius 1 is 1.10 bits per heavy atom. The Morgan fingerprint density at radius 2 is 1.75 bits per heavy atom. The van der Waals surface area contributed by atoms with Crippen molar-refractivity contribution in [3.05, 3.63) is 34.9 Å². The van der Waals surface area contributed by atoms with Crippen molar-refractivity contribution in [2.24, 2.45) is 0 Å². The van der Waals surface area contributed by atoms with Crippen LogP contribution in [0.15, 0.2) is 18.2 Å². The van der Waals surface area contributed by atoms with Crippen LogP contribution in [-0.2, 0) is 4.79 Å². The average molecular weight is 276 g/mol. The third kappa shape index (κ3) is 4.46. The summed E-state index contributed by atoms with van der Waals surface area (Å²) in [4.78, 5) is 27.5. The summed E-state index contributed by atoms with van der Waals surface area (Å²) in [6.07, 6.45) is 0. The number of ketones is 1. The molecule has 0 bridgehead atoms. The van der Waals surface area contributed by atoms with Crippen LogP contribution in [0.2, 0.25) is 0 Å². The second kappa shape index (κ2) is 7.20. The van der Waals surface area contributed by atoms with Crippen LogP contribution in [0.25, 0.3) is 0 Å². The molecule has 0 unspecified atom stereocenters. The highest BCUT2D eigenvalue weighted by Gasteiger charge is 2.16. The lowest BCUT2D eigenvalue weighted by molar-refractivity contribution is -0.129. The number of carbonyl (C=O) groups is 2. The molecule has 20 heavy (non-hydrogen) atoms. The molecule has 1 aromatic carbocycles. The molecule has 0 fully saturated rings. The summed E-state index contributed by atoms with van der Waals surface area (Å²) in [5.41, 5.74) is 2.88. The number of carbonyl (C=O) groups excluding carboxylic acids is 2. The topological polar surface area (TPSA) is 40.6 Å². The van der Waals surface area contributed by atoms with E-state index in [0.29, 0.717) is 6.54 Å². The zero-order valence-corrected chi connectivity index (χ0v) is 13.1. The fraction of sp³-hybridized carbons (Fsp3) is 0.500. The first-order valence-electron chi connectivity index (χ1n) is 6.88. The Kier molecular flexibility index (Phi) is 5.89. The van der Waals surface area contributed by atoms with E-state index >= 15 is 0 Å². The summed E-state index contributed by atoms with van der Waals surface area (Å²) >= 11 is 0. The van der Waals surface area contributed by atoms with Crippen molar-refractivity contribution in [2.45, 2.75) is 20.8 Å². The van der Waals surface area contributed by atoms with Gasteiger partial charge in [0.15, 0.2) is 5.78 Å². The van der Waals surface area contributed by atoms with E-state index in [9.17, 15) is 9.59 Å². The predicted octanol–water partition coefficient (Wildman–Crippen LogP) is 1.90. The van der Waals surface area contributed by atoms with Gasteiger partial charge in [0.1, 0.15) is 0 Å². The second-order valence-corrected chi connectivity index (χ2v) is 5.33. The number of likely N-dealkylation sites (N-methyl/N-ethyl adjacent to an activating group) is 2. The molecular weight excluding hydrogens is 252 g/mol. The summed E-state index contributed by atoms with van der Waals surface area (Å²) in [6.45, 7) is 7.14. The normalized spacial score (nSPS) is 10.7. The zero-order valence-electron chi connectivity index (χ0n) is 13.1. The Labute approximate surface area is 121 Å². The highest BCUT2D eigenvalue weighted by atomic mass is 16.2. The lowest BCUT2D eigenvalue weighted by Gasteiger charge is -2.21. The van der Waals surface area contributed by atoms with Crippen molar-refractivity contribution in [1.29, 1.82) is 0 Å². The number of hydrogen-bond acceptors (Lipinski definition) is 3. The van der Waals surface area contributed by atoms with E-state index in [1.54, 1.807) is 19.0 Å². The van der Waals surface area contributed by atoms with E-state index < -0.39 is 0 Å². The molecule has 1 rings (SSSR count). The molecule has 0 atom stereocenters. The number of hydrogen-bond donors (Lipinski definition) is 0. The number of amides is 1. The van der Waals surface area contributed by atoms with Gasteiger partial charge in [-0.15, -0.1) is 0 Å². The van der Waals surface area contributed by atoms with Gasteiger partial charge in [0, 0.05) is 19.7 Å². The van der Waals surface area contributed by atoms with Gasteiger partial charge in [0.2, 0.25) is 5.91 Å². The highest BCUT2D eigenvalue weighted by Crippen LogP contribution is 2.12. The van der Waals surface area contributed by atoms with Crippen LogP contribution in [0, 0.1) is 13.8 Å². The number of Topliss-reactive ketones (excluding diaryl/α,β-unsaturated/α-hetero) is 1. The minimum Gasteiger partial charge on any atom is -0.348 e. The highest BCUT2D eigenvalue weighted by molar-refractivity contribution is 5.99. The largest absolute Gasteiger partial charge is 0.348 e. The van der Waals surface area contributed by atoms with Gasteiger partial charge in [-0.2, -0.15) is 0 Å².